The summed E-state index contributed by atoms with van der Waals surface area (Å²) in [7, 11) is 1.93. The Balaban J connectivity index is 2.25. The molecule has 0 unspecified atom stereocenters. The van der Waals surface area contributed by atoms with E-state index in [4.69, 9.17) is 0 Å². The van der Waals surface area contributed by atoms with Crippen LogP contribution >= 0.6 is 0 Å². The lowest BCUT2D eigenvalue weighted by atomic mass is 10.3. The highest BCUT2D eigenvalue weighted by Gasteiger charge is 1.84. The summed E-state index contributed by atoms with van der Waals surface area (Å²) in [5, 5.41) is 9.51. The molecule has 0 saturated heterocycles. The molecule has 60 valence electrons. The van der Waals surface area contributed by atoms with Crippen LogP contribution in [0.5, 0.6) is 0 Å². The Morgan fingerprint density at radius 2 is 2.64 bits per heavy atom. The third kappa shape index (κ3) is 2.95. The Hall–Kier alpha value is -1.16. The zero-order chi connectivity index (χ0) is 7.94. The average Bonchev–Trinajstić information content (AvgIpc) is 2.50. The van der Waals surface area contributed by atoms with Crippen molar-refractivity contribution in [2.24, 2.45) is 0 Å². The van der Waals surface area contributed by atoms with Gasteiger partial charge in [-0.3, -0.25) is 5.10 Å². The molecule has 4 heteroatoms. The first-order chi connectivity index (χ1) is 5.43. The van der Waals surface area contributed by atoms with E-state index in [0.29, 0.717) is 0 Å². The summed E-state index contributed by atoms with van der Waals surface area (Å²) >= 11 is 0. The van der Waals surface area contributed by atoms with Gasteiger partial charge in [-0.05, 0) is 26.1 Å². The Morgan fingerprint density at radius 3 is 3.27 bits per heavy atom. The Bertz CT molecular complexity index is 202. The number of rotatable bonds is 4. The van der Waals surface area contributed by atoms with Crippen molar-refractivity contribution in [2.75, 3.05) is 13.6 Å². The first-order valence-corrected chi connectivity index (χ1v) is 3.60. The van der Waals surface area contributed by atoms with E-state index < -0.39 is 0 Å². The van der Waals surface area contributed by atoms with Crippen LogP contribution in [-0.2, 0) is 0 Å². The summed E-state index contributed by atoms with van der Waals surface area (Å²) in [6, 6.07) is 0. The van der Waals surface area contributed by atoms with E-state index in [1.54, 1.807) is 0 Å². The molecule has 1 heterocycles. The number of hydrogen-bond donors (Lipinski definition) is 2. The monoisotopic (exact) mass is 152 g/mol. The van der Waals surface area contributed by atoms with Gasteiger partial charge in [-0.15, -0.1) is 0 Å². The maximum absolute atomic E-state index is 3.94. The van der Waals surface area contributed by atoms with Crippen molar-refractivity contribution in [2.45, 2.75) is 6.42 Å². The van der Waals surface area contributed by atoms with Crippen molar-refractivity contribution < 1.29 is 0 Å². The van der Waals surface area contributed by atoms with Crippen LogP contribution in [-0.4, -0.2) is 28.8 Å². The first-order valence-electron chi connectivity index (χ1n) is 3.60. The maximum atomic E-state index is 3.94. The predicted molar refractivity (Wildman–Crippen MR) is 44.0 cm³/mol. The molecule has 1 rings (SSSR count). The van der Waals surface area contributed by atoms with Gasteiger partial charge >= 0.3 is 0 Å². The normalized spacial score (nSPS) is 11.0. The highest BCUT2D eigenvalue weighted by molar-refractivity contribution is 5.38. The Labute approximate surface area is 65.7 Å². The summed E-state index contributed by atoms with van der Waals surface area (Å²) in [5.41, 5.74) is 0. The van der Waals surface area contributed by atoms with Gasteiger partial charge in [0.25, 0.3) is 0 Å². The van der Waals surface area contributed by atoms with Gasteiger partial charge in [0.15, 0.2) is 0 Å². The minimum Gasteiger partial charge on any atom is -0.319 e. The molecule has 1 aromatic rings. The van der Waals surface area contributed by atoms with Crippen molar-refractivity contribution in [1.82, 2.24) is 20.5 Å². The van der Waals surface area contributed by atoms with Crippen molar-refractivity contribution in [3.63, 3.8) is 0 Å². The molecule has 0 aromatic carbocycles. The molecule has 0 bridgehead atoms. The quantitative estimate of drug-likeness (QED) is 0.615. The van der Waals surface area contributed by atoms with Crippen LogP contribution in [0.1, 0.15) is 12.2 Å². The molecule has 0 fully saturated rings. The summed E-state index contributed by atoms with van der Waals surface area (Å²) in [5.74, 6) is 0.807. The van der Waals surface area contributed by atoms with E-state index >= 15 is 0 Å². The molecule has 11 heavy (non-hydrogen) atoms. The van der Waals surface area contributed by atoms with E-state index in [1.165, 1.54) is 6.33 Å². The molecule has 0 aliphatic rings. The number of aromatic nitrogens is 3. The largest absolute Gasteiger partial charge is 0.319 e. The molecular weight excluding hydrogens is 140 g/mol. The smallest absolute Gasteiger partial charge is 0.147 e. The van der Waals surface area contributed by atoms with Gasteiger partial charge in [0, 0.05) is 0 Å². The second-order valence-corrected chi connectivity index (χ2v) is 2.17. The van der Waals surface area contributed by atoms with Crippen LogP contribution in [0, 0.1) is 0 Å². The molecule has 4 nitrogen and oxygen atoms in total. The summed E-state index contributed by atoms with van der Waals surface area (Å²) in [4.78, 5) is 3.94. The minimum atomic E-state index is 0.807. The van der Waals surface area contributed by atoms with Crippen molar-refractivity contribution in [1.29, 1.82) is 0 Å². The molecule has 0 radical (unpaired) electrons. The van der Waals surface area contributed by atoms with E-state index in [0.717, 1.165) is 18.8 Å². The fourth-order valence-corrected chi connectivity index (χ4v) is 0.718. The van der Waals surface area contributed by atoms with Crippen molar-refractivity contribution in [3.8, 4) is 0 Å². The van der Waals surface area contributed by atoms with Gasteiger partial charge in [-0.1, -0.05) is 6.08 Å². The molecule has 0 aliphatic heterocycles. The van der Waals surface area contributed by atoms with E-state index in [2.05, 4.69) is 26.6 Å². The van der Waals surface area contributed by atoms with E-state index in [9.17, 15) is 0 Å². The summed E-state index contributed by atoms with van der Waals surface area (Å²) in [6.07, 6.45) is 6.48. The number of H-pyrrole nitrogens is 1. The highest BCUT2D eigenvalue weighted by Crippen LogP contribution is 1.90. The zero-order valence-electron chi connectivity index (χ0n) is 6.54. The third-order valence-electron chi connectivity index (χ3n) is 1.27. The molecule has 2 N–H and O–H groups in total. The average molecular weight is 152 g/mol. The standard InChI is InChI=1S/C7H12N4/c1-8-5-3-2-4-7-9-6-10-11-7/h2,4,6,8H,3,5H2,1H3,(H,9,10,11). The molecule has 0 saturated carbocycles. The van der Waals surface area contributed by atoms with Gasteiger partial charge in [-0.25, -0.2) is 4.98 Å². The zero-order valence-corrected chi connectivity index (χ0v) is 6.54. The SMILES string of the molecule is CNCCC=Cc1ncn[nH]1. The minimum absolute atomic E-state index is 0.807. The number of nitrogens with zero attached hydrogens (tertiary/aromatic N) is 2. The van der Waals surface area contributed by atoms with Crippen molar-refractivity contribution >= 4 is 6.08 Å². The second-order valence-electron chi connectivity index (χ2n) is 2.17. The van der Waals surface area contributed by atoms with Crippen LogP contribution in [0.3, 0.4) is 0 Å². The lowest BCUT2D eigenvalue weighted by Crippen LogP contribution is -2.05. The topological polar surface area (TPSA) is 53.6 Å². The summed E-state index contributed by atoms with van der Waals surface area (Å²) in [6.45, 7) is 0.991. The number of aromatic amines is 1. The Kier molecular flexibility index (Phi) is 3.34. The lowest BCUT2D eigenvalue weighted by molar-refractivity contribution is 0.809. The van der Waals surface area contributed by atoms with Gasteiger partial charge in [0.2, 0.25) is 0 Å². The molecule has 0 atom stereocenters. The third-order valence-corrected chi connectivity index (χ3v) is 1.27. The molecule has 0 aliphatic carbocycles. The van der Waals surface area contributed by atoms with Gasteiger partial charge in [0.05, 0.1) is 0 Å². The molecule has 1 aromatic heterocycles. The second kappa shape index (κ2) is 4.62. The first kappa shape index (κ1) is 7.94. The van der Waals surface area contributed by atoms with E-state index in [1.807, 2.05) is 13.1 Å². The fourth-order valence-electron chi connectivity index (χ4n) is 0.718. The van der Waals surface area contributed by atoms with Gasteiger partial charge in [-0.2, -0.15) is 5.10 Å². The summed E-state index contributed by atoms with van der Waals surface area (Å²) < 4.78 is 0. The highest BCUT2D eigenvalue weighted by atomic mass is 15.2. The maximum Gasteiger partial charge on any atom is 0.147 e. The molecule has 0 spiro atoms. The lowest BCUT2D eigenvalue weighted by Gasteiger charge is -1.89. The van der Waals surface area contributed by atoms with Crippen LogP contribution < -0.4 is 5.32 Å². The van der Waals surface area contributed by atoms with Crippen LogP contribution in [0.4, 0.5) is 0 Å². The van der Waals surface area contributed by atoms with Crippen LogP contribution in [0.25, 0.3) is 6.08 Å². The Morgan fingerprint density at radius 1 is 1.73 bits per heavy atom. The van der Waals surface area contributed by atoms with Crippen molar-refractivity contribution in [3.05, 3.63) is 18.2 Å². The predicted octanol–water partition coefficient (Wildman–Crippen LogP) is 0.427. The van der Waals surface area contributed by atoms with Crippen LogP contribution in [0.15, 0.2) is 12.4 Å². The number of nitrogens with one attached hydrogen (secondary N) is 2. The molecular formula is C7H12N4. The van der Waals surface area contributed by atoms with Crippen LogP contribution in [0.2, 0.25) is 0 Å². The van der Waals surface area contributed by atoms with Gasteiger partial charge in [0.1, 0.15) is 12.2 Å². The number of hydrogen-bond acceptors (Lipinski definition) is 3. The van der Waals surface area contributed by atoms with Gasteiger partial charge < -0.3 is 5.32 Å². The molecule has 0 amide bonds. The fraction of sp³-hybridized carbons (Fsp3) is 0.429. The van der Waals surface area contributed by atoms with E-state index in [-0.39, 0.29) is 0 Å².